The molecule has 0 saturated carbocycles. The van der Waals surface area contributed by atoms with Gasteiger partial charge in [0.1, 0.15) is 12.1 Å². The SMILES string of the molecule is Cc1cc(Nc2cccc(NC(=O)c3ccc([N+](=O)[O-])cc3)c2)ncn1. The zero-order chi connectivity index (χ0) is 18.5. The number of carbonyl (C=O) groups is 1. The van der Waals surface area contributed by atoms with Crippen LogP contribution in [0.1, 0.15) is 16.1 Å². The van der Waals surface area contributed by atoms with E-state index in [2.05, 4.69) is 20.6 Å². The van der Waals surface area contributed by atoms with E-state index in [9.17, 15) is 14.9 Å². The zero-order valence-corrected chi connectivity index (χ0v) is 13.8. The van der Waals surface area contributed by atoms with Crippen molar-refractivity contribution in [3.8, 4) is 0 Å². The van der Waals surface area contributed by atoms with Crippen LogP contribution in [0.15, 0.2) is 60.9 Å². The third-order valence-corrected chi connectivity index (χ3v) is 3.54. The summed E-state index contributed by atoms with van der Waals surface area (Å²) in [4.78, 5) is 30.6. The Morgan fingerprint density at radius 1 is 1.04 bits per heavy atom. The van der Waals surface area contributed by atoms with Gasteiger partial charge in [-0.15, -0.1) is 0 Å². The van der Waals surface area contributed by atoms with Crippen molar-refractivity contribution in [3.63, 3.8) is 0 Å². The first-order valence-electron chi connectivity index (χ1n) is 7.73. The summed E-state index contributed by atoms with van der Waals surface area (Å²) in [5.41, 5.74) is 2.45. The molecular formula is C18H15N5O3. The third-order valence-electron chi connectivity index (χ3n) is 3.54. The first kappa shape index (κ1) is 17.0. The van der Waals surface area contributed by atoms with Crippen LogP contribution in [0.4, 0.5) is 22.9 Å². The molecule has 0 saturated heterocycles. The normalized spacial score (nSPS) is 10.2. The fourth-order valence-corrected chi connectivity index (χ4v) is 2.28. The van der Waals surface area contributed by atoms with Gasteiger partial charge in [-0.25, -0.2) is 9.97 Å². The fraction of sp³-hybridized carbons (Fsp3) is 0.0556. The Bertz CT molecular complexity index is 957. The summed E-state index contributed by atoms with van der Waals surface area (Å²) in [6.45, 7) is 1.87. The number of nitrogens with one attached hydrogen (secondary N) is 2. The maximum Gasteiger partial charge on any atom is 0.269 e. The van der Waals surface area contributed by atoms with Crippen LogP contribution < -0.4 is 10.6 Å². The molecule has 8 nitrogen and oxygen atoms in total. The van der Waals surface area contributed by atoms with Gasteiger partial charge in [0.05, 0.1) is 4.92 Å². The highest BCUT2D eigenvalue weighted by molar-refractivity contribution is 6.04. The van der Waals surface area contributed by atoms with Gasteiger partial charge in [0.2, 0.25) is 0 Å². The molecule has 26 heavy (non-hydrogen) atoms. The van der Waals surface area contributed by atoms with Gasteiger partial charge in [-0.3, -0.25) is 14.9 Å². The highest BCUT2D eigenvalue weighted by Gasteiger charge is 2.10. The lowest BCUT2D eigenvalue weighted by Gasteiger charge is -2.09. The van der Waals surface area contributed by atoms with E-state index >= 15 is 0 Å². The number of non-ortho nitro benzene ring substituents is 1. The van der Waals surface area contributed by atoms with Gasteiger partial charge in [-0.2, -0.15) is 0 Å². The Hall–Kier alpha value is -3.81. The average Bonchev–Trinajstić information content (AvgIpc) is 2.62. The van der Waals surface area contributed by atoms with Gasteiger partial charge in [0, 0.05) is 40.8 Å². The van der Waals surface area contributed by atoms with Crippen molar-refractivity contribution in [1.82, 2.24) is 9.97 Å². The van der Waals surface area contributed by atoms with Crippen LogP contribution >= 0.6 is 0 Å². The van der Waals surface area contributed by atoms with Crippen LogP contribution in [0.2, 0.25) is 0 Å². The molecule has 0 radical (unpaired) electrons. The number of anilines is 3. The minimum atomic E-state index is -0.508. The van der Waals surface area contributed by atoms with Crippen molar-refractivity contribution in [3.05, 3.63) is 82.3 Å². The Kier molecular flexibility index (Phi) is 4.84. The Labute approximate surface area is 149 Å². The molecule has 3 rings (SSSR count). The van der Waals surface area contributed by atoms with E-state index in [1.807, 2.05) is 19.1 Å². The first-order chi connectivity index (χ1) is 12.5. The largest absolute Gasteiger partial charge is 0.340 e. The van der Waals surface area contributed by atoms with E-state index in [1.54, 1.807) is 18.2 Å². The predicted octanol–water partition coefficient (Wildman–Crippen LogP) is 3.69. The lowest BCUT2D eigenvalue weighted by atomic mass is 10.2. The second-order valence-electron chi connectivity index (χ2n) is 5.51. The van der Waals surface area contributed by atoms with E-state index in [1.165, 1.54) is 30.6 Å². The van der Waals surface area contributed by atoms with Crippen LogP contribution in [-0.4, -0.2) is 20.8 Å². The molecule has 0 aliphatic carbocycles. The lowest BCUT2D eigenvalue weighted by molar-refractivity contribution is -0.384. The predicted molar refractivity (Wildman–Crippen MR) is 97.5 cm³/mol. The quantitative estimate of drug-likeness (QED) is 0.537. The Morgan fingerprint density at radius 3 is 2.46 bits per heavy atom. The number of hydrogen-bond donors (Lipinski definition) is 2. The molecule has 1 aromatic heterocycles. The number of nitrogens with zero attached hydrogens (tertiary/aromatic N) is 3. The van der Waals surface area contributed by atoms with Crippen molar-refractivity contribution in [1.29, 1.82) is 0 Å². The standard InChI is InChI=1S/C18H15N5O3/c1-12-9-17(20-11-19-12)21-14-3-2-4-15(10-14)22-18(24)13-5-7-16(8-6-13)23(25)26/h2-11H,1H3,(H,22,24)(H,19,20,21). The van der Waals surface area contributed by atoms with Gasteiger partial charge >= 0.3 is 0 Å². The van der Waals surface area contributed by atoms with Crippen molar-refractivity contribution >= 4 is 28.8 Å². The summed E-state index contributed by atoms with van der Waals surface area (Å²) in [5, 5.41) is 16.6. The molecular weight excluding hydrogens is 334 g/mol. The highest BCUT2D eigenvalue weighted by atomic mass is 16.6. The number of benzene rings is 2. The lowest BCUT2D eigenvalue weighted by Crippen LogP contribution is -2.11. The fourth-order valence-electron chi connectivity index (χ4n) is 2.28. The smallest absolute Gasteiger partial charge is 0.269 e. The first-order valence-corrected chi connectivity index (χ1v) is 7.73. The molecule has 1 heterocycles. The summed E-state index contributed by atoms with van der Waals surface area (Å²) < 4.78 is 0. The molecule has 0 bridgehead atoms. The second kappa shape index (κ2) is 7.39. The van der Waals surface area contributed by atoms with Crippen molar-refractivity contribution in [2.45, 2.75) is 6.92 Å². The molecule has 8 heteroatoms. The van der Waals surface area contributed by atoms with Gasteiger partial charge < -0.3 is 10.6 Å². The number of carbonyl (C=O) groups excluding carboxylic acids is 1. The van der Waals surface area contributed by atoms with E-state index in [0.717, 1.165) is 11.4 Å². The minimum absolute atomic E-state index is 0.0621. The van der Waals surface area contributed by atoms with Crippen molar-refractivity contribution < 1.29 is 9.72 Å². The topological polar surface area (TPSA) is 110 Å². The van der Waals surface area contributed by atoms with Crippen LogP contribution in [0.3, 0.4) is 0 Å². The highest BCUT2D eigenvalue weighted by Crippen LogP contribution is 2.20. The molecule has 0 aliphatic heterocycles. The molecule has 0 atom stereocenters. The number of nitro groups is 1. The van der Waals surface area contributed by atoms with Crippen LogP contribution in [0, 0.1) is 17.0 Å². The summed E-state index contributed by atoms with van der Waals surface area (Å²) in [6, 6.07) is 14.4. The molecule has 2 N–H and O–H groups in total. The van der Waals surface area contributed by atoms with Crippen LogP contribution in [-0.2, 0) is 0 Å². The summed E-state index contributed by atoms with van der Waals surface area (Å²) >= 11 is 0. The second-order valence-corrected chi connectivity index (χ2v) is 5.51. The molecule has 0 aliphatic rings. The summed E-state index contributed by atoms with van der Waals surface area (Å²) in [7, 11) is 0. The van der Waals surface area contributed by atoms with Crippen molar-refractivity contribution in [2.24, 2.45) is 0 Å². The van der Waals surface area contributed by atoms with Gasteiger partial charge in [-0.1, -0.05) is 6.07 Å². The maximum atomic E-state index is 12.3. The zero-order valence-electron chi connectivity index (χ0n) is 13.8. The maximum absolute atomic E-state index is 12.3. The minimum Gasteiger partial charge on any atom is -0.340 e. The van der Waals surface area contributed by atoms with E-state index in [-0.39, 0.29) is 11.6 Å². The number of aryl methyl sites for hydroxylation is 1. The summed E-state index contributed by atoms with van der Waals surface area (Å²) in [6.07, 6.45) is 1.47. The molecule has 0 unspecified atom stereocenters. The molecule has 1 amide bonds. The molecule has 0 fully saturated rings. The summed E-state index contributed by atoms with van der Waals surface area (Å²) in [5.74, 6) is 0.297. The number of rotatable bonds is 5. The van der Waals surface area contributed by atoms with E-state index in [4.69, 9.17) is 0 Å². The molecule has 3 aromatic rings. The molecule has 130 valence electrons. The Balaban J connectivity index is 1.71. The van der Waals surface area contributed by atoms with Crippen molar-refractivity contribution in [2.75, 3.05) is 10.6 Å². The number of hydrogen-bond acceptors (Lipinski definition) is 6. The van der Waals surface area contributed by atoms with E-state index < -0.39 is 4.92 Å². The Morgan fingerprint density at radius 2 is 1.77 bits per heavy atom. The molecule has 0 spiro atoms. The van der Waals surface area contributed by atoms with E-state index in [0.29, 0.717) is 17.1 Å². The number of amides is 1. The molecule has 2 aromatic carbocycles. The average molecular weight is 349 g/mol. The van der Waals surface area contributed by atoms with Crippen LogP contribution in [0.5, 0.6) is 0 Å². The van der Waals surface area contributed by atoms with Gasteiger partial charge in [-0.05, 0) is 37.3 Å². The van der Waals surface area contributed by atoms with Gasteiger partial charge in [0.25, 0.3) is 11.6 Å². The monoisotopic (exact) mass is 349 g/mol. The number of aromatic nitrogens is 2. The van der Waals surface area contributed by atoms with Crippen LogP contribution in [0.25, 0.3) is 0 Å². The third kappa shape index (κ3) is 4.18. The van der Waals surface area contributed by atoms with Gasteiger partial charge in [0.15, 0.2) is 0 Å². The number of nitro benzene ring substituents is 1.